The SMILES string of the molecule is Cl.N[C@@H](Cc1ccccc1)C(=O)Nc1ccc(SCc2ccccc2)cc1. The molecule has 3 rings (SSSR count). The minimum atomic E-state index is -0.565. The summed E-state index contributed by atoms with van der Waals surface area (Å²) in [5.74, 6) is 0.757. The van der Waals surface area contributed by atoms with Gasteiger partial charge in [-0.3, -0.25) is 4.79 Å². The molecule has 3 N–H and O–H groups in total. The fourth-order valence-electron chi connectivity index (χ4n) is 2.57. The number of rotatable bonds is 7. The van der Waals surface area contributed by atoms with Crippen LogP contribution in [-0.4, -0.2) is 11.9 Å². The Bertz CT molecular complexity index is 826. The van der Waals surface area contributed by atoms with Gasteiger partial charge in [0.2, 0.25) is 5.91 Å². The van der Waals surface area contributed by atoms with E-state index in [1.807, 2.05) is 72.8 Å². The van der Waals surface area contributed by atoms with Gasteiger partial charge in [-0.05, 0) is 41.8 Å². The van der Waals surface area contributed by atoms with E-state index in [1.54, 1.807) is 11.8 Å². The Morgan fingerprint density at radius 3 is 2.00 bits per heavy atom. The smallest absolute Gasteiger partial charge is 0.241 e. The Kier molecular flexibility index (Phi) is 8.40. The van der Waals surface area contributed by atoms with Crippen molar-refractivity contribution in [3.05, 3.63) is 96.1 Å². The van der Waals surface area contributed by atoms with Crippen molar-refractivity contribution in [3.8, 4) is 0 Å². The fourth-order valence-corrected chi connectivity index (χ4v) is 3.43. The monoisotopic (exact) mass is 398 g/mol. The molecule has 0 aliphatic rings. The number of amides is 1. The number of halogens is 1. The first-order valence-electron chi connectivity index (χ1n) is 8.58. The molecule has 140 valence electrons. The number of benzene rings is 3. The molecule has 3 nitrogen and oxygen atoms in total. The van der Waals surface area contributed by atoms with E-state index in [1.165, 1.54) is 10.5 Å². The minimum Gasteiger partial charge on any atom is -0.325 e. The largest absolute Gasteiger partial charge is 0.325 e. The molecule has 0 aliphatic carbocycles. The maximum atomic E-state index is 12.3. The van der Waals surface area contributed by atoms with Gasteiger partial charge in [-0.2, -0.15) is 0 Å². The molecule has 1 atom stereocenters. The molecule has 3 aromatic carbocycles. The van der Waals surface area contributed by atoms with Crippen LogP contribution in [0.25, 0.3) is 0 Å². The van der Waals surface area contributed by atoms with Crippen molar-refractivity contribution < 1.29 is 4.79 Å². The van der Waals surface area contributed by atoms with Gasteiger partial charge in [0, 0.05) is 16.3 Å². The van der Waals surface area contributed by atoms with Gasteiger partial charge in [0.25, 0.3) is 0 Å². The van der Waals surface area contributed by atoms with E-state index >= 15 is 0 Å². The Balaban J connectivity index is 0.00000261. The molecule has 3 aromatic rings. The molecular weight excluding hydrogens is 376 g/mol. The van der Waals surface area contributed by atoms with E-state index in [0.29, 0.717) is 6.42 Å². The van der Waals surface area contributed by atoms with E-state index in [2.05, 4.69) is 17.4 Å². The van der Waals surface area contributed by atoms with Gasteiger partial charge in [-0.25, -0.2) is 0 Å². The third-order valence-electron chi connectivity index (χ3n) is 4.01. The molecule has 0 aliphatic heterocycles. The second-order valence-electron chi connectivity index (χ2n) is 6.08. The number of nitrogens with two attached hydrogens (primary N) is 1. The van der Waals surface area contributed by atoms with Crippen LogP contribution in [0.1, 0.15) is 11.1 Å². The van der Waals surface area contributed by atoms with Crippen LogP contribution in [0.4, 0.5) is 5.69 Å². The summed E-state index contributed by atoms with van der Waals surface area (Å²) in [6, 6.07) is 27.5. The minimum absolute atomic E-state index is 0. The predicted molar refractivity (Wildman–Crippen MR) is 116 cm³/mol. The summed E-state index contributed by atoms with van der Waals surface area (Å²) in [4.78, 5) is 13.4. The molecule has 0 radical (unpaired) electrons. The third kappa shape index (κ3) is 6.75. The van der Waals surface area contributed by atoms with Crippen molar-refractivity contribution in [3.63, 3.8) is 0 Å². The number of hydrogen-bond donors (Lipinski definition) is 2. The molecule has 0 saturated heterocycles. The average Bonchev–Trinajstić information content (AvgIpc) is 2.69. The predicted octanol–water partition coefficient (Wildman–Crippen LogP) is 4.91. The molecule has 0 unspecified atom stereocenters. The highest BCUT2D eigenvalue weighted by Crippen LogP contribution is 2.24. The summed E-state index contributed by atoms with van der Waals surface area (Å²) in [7, 11) is 0. The lowest BCUT2D eigenvalue weighted by Gasteiger charge is -2.12. The van der Waals surface area contributed by atoms with Crippen molar-refractivity contribution in [1.82, 2.24) is 0 Å². The van der Waals surface area contributed by atoms with Crippen LogP contribution in [0.2, 0.25) is 0 Å². The molecule has 0 aromatic heterocycles. The van der Waals surface area contributed by atoms with Crippen LogP contribution in [0.3, 0.4) is 0 Å². The van der Waals surface area contributed by atoms with Crippen molar-refractivity contribution in [1.29, 1.82) is 0 Å². The Morgan fingerprint density at radius 2 is 1.41 bits per heavy atom. The summed E-state index contributed by atoms with van der Waals surface area (Å²) < 4.78 is 0. The van der Waals surface area contributed by atoms with Gasteiger partial charge >= 0.3 is 0 Å². The summed E-state index contributed by atoms with van der Waals surface area (Å²) in [5, 5.41) is 2.89. The second-order valence-corrected chi connectivity index (χ2v) is 7.13. The van der Waals surface area contributed by atoms with Crippen LogP contribution < -0.4 is 11.1 Å². The number of anilines is 1. The first-order chi connectivity index (χ1) is 12.7. The Labute approximate surface area is 170 Å². The highest BCUT2D eigenvalue weighted by molar-refractivity contribution is 7.98. The van der Waals surface area contributed by atoms with Gasteiger partial charge in [0.1, 0.15) is 0 Å². The third-order valence-corrected chi connectivity index (χ3v) is 5.09. The van der Waals surface area contributed by atoms with Gasteiger partial charge in [-0.15, -0.1) is 24.2 Å². The van der Waals surface area contributed by atoms with Crippen molar-refractivity contribution in [2.45, 2.75) is 23.1 Å². The summed E-state index contributed by atoms with van der Waals surface area (Å²) in [6.45, 7) is 0. The quantitative estimate of drug-likeness (QED) is 0.556. The van der Waals surface area contributed by atoms with E-state index in [9.17, 15) is 4.79 Å². The maximum Gasteiger partial charge on any atom is 0.241 e. The van der Waals surface area contributed by atoms with Gasteiger partial charge in [0.15, 0.2) is 0 Å². The molecule has 0 spiro atoms. The molecule has 0 heterocycles. The molecule has 0 bridgehead atoms. The lowest BCUT2D eigenvalue weighted by atomic mass is 10.1. The summed E-state index contributed by atoms with van der Waals surface area (Å²) in [6.07, 6.45) is 0.525. The van der Waals surface area contributed by atoms with Crippen LogP contribution >= 0.6 is 24.2 Å². The lowest BCUT2D eigenvalue weighted by molar-refractivity contribution is -0.117. The second kappa shape index (κ2) is 10.8. The highest BCUT2D eigenvalue weighted by atomic mass is 35.5. The van der Waals surface area contributed by atoms with E-state index in [-0.39, 0.29) is 18.3 Å². The Hall–Kier alpha value is -2.27. The number of nitrogens with one attached hydrogen (secondary N) is 1. The molecule has 1 amide bonds. The number of carbonyl (C=O) groups excluding carboxylic acids is 1. The van der Waals surface area contributed by atoms with E-state index in [0.717, 1.165) is 17.0 Å². The van der Waals surface area contributed by atoms with E-state index < -0.39 is 6.04 Å². The molecular formula is C22H23ClN2OS. The highest BCUT2D eigenvalue weighted by Gasteiger charge is 2.14. The Morgan fingerprint density at radius 1 is 0.852 bits per heavy atom. The number of thioether (sulfide) groups is 1. The zero-order chi connectivity index (χ0) is 18.2. The number of hydrogen-bond acceptors (Lipinski definition) is 3. The zero-order valence-corrected chi connectivity index (χ0v) is 16.5. The molecule has 0 saturated carbocycles. The summed E-state index contributed by atoms with van der Waals surface area (Å²) in [5.41, 5.74) is 9.14. The first kappa shape index (κ1) is 21.0. The normalized spacial score (nSPS) is 11.3. The van der Waals surface area contributed by atoms with Gasteiger partial charge in [0.05, 0.1) is 6.04 Å². The standard InChI is InChI=1S/C22H22N2OS.ClH/c23-21(15-17-7-3-1-4-8-17)22(25)24-19-11-13-20(14-12-19)26-16-18-9-5-2-6-10-18;/h1-14,21H,15-16,23H2,(H,24,25);1H/t21-;/m0./s1. The first-order valence-corrected chi connectivity index (χ1v) is 9.56. The van der Waals surface area contributed by atoms with Gasteiger partial charge in [-0.1, -0.05) is 60.7 Å². The maximum absolute atomic E-state index is 12.3. The van der Waals surface area contributed by atoms with Crippen LogP contribution in [0.5, 0.6) is 0 Å². The van der Waals surface area contributed by atoms with Crippen molar-refractivity contribution >= 4 is 35.8 Å². The molecule has 0 fully saturated rings. The van der Waals surface area contributed by atoms with Crippen molar-refractivity contribution in [2.75, 3.05) is 5.32 Å². The van der Waals surface area contributed by atoms with E-state index in [4.69, 9.17) is 5.73 Å². The fraction of sp³-hybridized carbons (Fsp3) is 0.136. The number of carbonyl (C=O) groups is 1. The topological polar surface area (TPSA) is 55.1 Å². The molecule has 27 heavy (non-hydrogen) atoms. The lowest BCUT2D eigenvalue weighted by Crippen LogP contribution is -2.37. The average molecular weight is 399 g/mol. The van der Waals surface area contributed by atoms with Crippen LogP contribution in [0.15, 0.2) is 89.8 Å². The molecule has 5 heteroatoms. The van der Waals surface area contributed by atoms with Crippen LogP contribution in [-0.2, 0) is 17.0 Å². The summed E-state index contributed by atoms with van der Waals surface area (Å²) >= 11 is 1.77. The van der Waals surface area contributed by atoms with Crippen molar-refractivity contribution in [2.24, 2.45) is 5.73 Å². The zero-order valence-electron chi connectivity index (χ0n) is 14.9. The van der Waals surface area contributed by atoms with Crippen LogP contribution in [0, 0.1) is 0 Å². The van der Waals surface area contributed by atoms with Gasteiger partial charge < -0.3 is 11.1 Å².